The van der Waals surface area contributed by atoms with E-state index in [1.54, 1.807) is 44.2 Å². The summed E-state index contributed by atoms with van der Waals surface area (Å²) in [6, 6.07) is 12.5. The van der Waals surface area contributed by atoms with Gasteiger partial charge in [-0.3, -0.25) is 9.59 Å². The van der Waals surface area contributed by atoms with Gasteiger partial charge in [0.1, 0.15) is 5.82 Å². The number of tetrazole rings is 1. The van der Waals surface area contributed by atoms with Crippen LogP contribution < -0.4 is 10.6 Å². The maximum Gasteiger partial charge on any atom is 0.266 e. The molecule has 2 aromatic carbocycles. The standard InChI is InChI=1S/C21H16ClFN6O2S/c1-11-9-18(25-20(30)14-5-3-4-6-15(14)22)32-19(11)21(31)24-17-10-13(7-8-16(17)23)29-12(2)26-27-28-29/h3-10H,1-2H3,(H,24,31)(H,25,30). The number of carbonyl (C=O) groups is 2. The maximum atomic E-state index is 14.3. The molecule has 0 aliphatic carbocycles. The highest BCUT2D eigenvalue weighted by atomic mass is 35.5. The minimum absolute atomic E-state index is 0.0168. The molecule has 4 aromatic rings. The molecule has 4 rings (SSSR count). The highest BCUT2D eigenvalue weighted by molar-refractivity contribution is 7.18. The van der Waals surface area contributed by atoms with Crippen molar-refractivity contribution in [3.8, 4) is 5.69 Å². The number of anilines is 2. The van der Waals surface area contributed by atoms with Crippen LogP contribution in [0.25, 0.3) is 5.69 Å². The van der Waals surface area contributed by atoms with Gasteiger partial charge in [-0.2, -0.15) is 4.68 Å². The number of amides is 2. The molecule has 2 amide bonds. The molecule has 8 nitrogen and oxygen atoms in total. The van der Waals surface area contributed by atoms with Crippen LogP contribution in [0.3, 0.4) is 0 Å². The number of hydrogen-bond donors (Lipinski definition) is 2. The molecule has 0 atom stereocenters. The van der Waals surface area contributed by atoms with E-state index >= 15 is 0 Å². The summed E-state index contributed by atoms with van der Waals surface area (Å²) in [4.78, 5) is 25.6. The number of rotatable bonds is 5. The number of halogens is 2. The summed E-state index contributed by atoms with van der Waals surface area (Å²) in [6.45, 7) is 3.43. The van der Waals surface area contributed by atoms with Gasteiger partial charge in [0.15, 0.2) is 5.82 Å². The number of nitrogens with zero attached hydrogens (tertiary/aromatic N) is 4. The van der Waals surface area contributed by atoms with Crippen LogP contribution in [-0.2, 0) is 0 Å². The second-order valence-electron chi connectivity index (χ2n) is 6.81. The lowest BCUT2D eigenvalue weighted by Crippen LogP contribution is -2.13. The van der Waals surface area contributed by atoms with Crippen molar-refractivity contribution in [3.05, 3.63) is 81.2 Å². The fourth-order valence-corrected chi connectivity index (χ4v) is 4.17. The van der Waals surface area contributed by atoms with Crippen molar-refractivity contribution in [3.63, 3.8) is 0 Å². The molecule has 0 radical (unpaired) electrons. The largest absolute Gasteiger partial charge is 0.319 e. The SMILES string of the molecule is Cc1cc(NC(=O)c2ccccc2Cl)sc1C(=O)Nc1cc(-n2nnnc2C)ccc1F. The van der Waals surface area contributed by atoms with E-state index in [9.17, 15) is 14.0 Å². The number of aryl methyl sites for hydroxylation is 2. The third-order valence-electron chi connectivity index (χ3n) is 4.55. The van der Waals surface area contributed by atoms with Crippen LogP contribution in [-0.4, -0.2) is 32.0 Å². The molecular weight excluding hydrogens is 455 g/mol. The first-order chi connectivity index (χ1) is 15.3. The van der Waals surface area contributed by atoms with Crippen molar-refractivity contribution in [2.45, 2.75) is 13.8 Å². The zero-order valence-electron chi connectivity index (χ0n) is 16.9. The van der Waals surface area contributed by atoms with Crippen LogP contribution in [0.15, 0.2) is 48.5 Å². The summed E-state index contributed by atoms with van der Waals surface area (Å²) in [6.07, 6.45) is 0. The molecule has 32 heavy (non-hydrogen) atoms. The fraction of sp³-hybridized carbons (Fsp3) is 0.0952. The zero-order valence-corrected chi connectivity index (χ0v) is 18.5. The predicted molar refractivity (Wildman–Crippen MR) is 120 cm³/mol. The monoisotopic (exact) mass is 470 g/mol. The van der Waals surface area contributed by atoms with Gasteiger partial charge >= 0.3 is 0 Å². The molecule has 0 saturated heterocycles. The van der Waals surface area contributed by atoms with E-state index in [4.69, 9.17) is 11.6 Å². The Morgan fingerprint density at radius 3 is 2.56 bits per heavy atom. The Labute approximate surface area is 191 Å². The molecular formula is C21H16ClFN6O2S. The lowest BCUT2D eigenvalue weighted by molar-refractivity contribution is 0.102. The zero-order chi connectivity index (χ0) is 22.8. The molecule has 2 heterocycles. The summed E-state index contributed by atoms with van der Waals surface area (Å²) in [5.41, 5.74) is 1.44. The van der Waals surface area contributed by atoms with E-state index in [-0.39, 0.29) is 11.6 Å². The first-order valence-electron chi connectivity index (χ1n) is 9.36. The van der Waals surface area contributed by atoms with Crippen LogP contribution in [0.2, 0.25) is 5.02 Å². The Bertz CT molecular complexity index is 1340. The molecule has 2 N–H and O–H groups in total. The van der Waals surface area contributed by atoms with Crippen molar-refractivity contribution >= 4 is 45.4 Å². The van der Waals surface area contributed by atoms with Gasteiger partial charge in [0.2, 0.25) is 0 Å². The first kappa shape index (κ1) is 21.6. The van der Waals surface area contributed by atoms with Gasteiger partial charge in [-0.1, -0.05) is 23.7 Å². The molecule has 0 fully saturated rings. The summed E-state index contributed by atoms with van der Waals surface area (Å²) in [5.74, 6) is -0.981. The summed E-state index contributed by atoms with van der Waals surface area (Å²) < 4.78 is 15.8. The quantitative estimate of drug-likeness (QED) is 0.442. The van der Waals surface area contributed by atoms with Crippen molar-refractivity contribution in [2.75, 3.05) is 10.6 Å². The lowest BCUT2D eigenvalue weighted by Gasteiger charge is -2.09. The van der Waals surface area contributed by atoms with Crippen LogP contribution in [0.5, 0.6) is 0 Å². The number of thiophene rings is 1. The maximum absolute atomic E-state index is 14.3. The Morgan fingerprint density at radius 1 is 1.06 bits per heavy atom. The summed E-state index contributed by atoms with van der Waals surface area (Å²) in [7, 11) is 0. The van der Waals surface area contributed by atoms with E-state index in [0.717, 1.165) is 11.3 Å². The second kappa shape index (κ2) is 8.85. The number of aromatic nitrogens is 4. The summed E-state index contributed by atoms with van der Waals surface area (Å²) in [5, 5.41) is 17.3. The van der Waals surface area contributed by atoms with E-state index in [2.05, 4.69) is 26.2 Å². The Kier molecular flexibility index (Phi) is 5.97. The van der Waals surface area contributed by atoms with Crippen molar-refractivity contribution in [1.29, 1.82) is 0 Å². The number of hydrogen-bond acceptors (Lipinski definition) is 6. The minimum Gasteiger partial charge on any atom is -0.319 e. The molecule has 162 valence electrons. The summed E-state index contributed by atoms with van der Waals surface area (Å²) >= 11 is 7.14. The van der Waals surface area contributed by atoms with E-state index in [1.165, 1.54) is 22.9 Å². The van der Waals surface area contributed by atoms with Gasteiger partial charge in [-0.15, -0.1) is 16.4 Å². The molecule has 0 saturated carbocycles. The van der Waals surface area contributed by atoms with Crippen LogP contribution in [0, 0.1) is 19.7 Å². The van der Waals surface area contributed by atoms with Crippen LogP contribution in [0.4, 0.5) is 15.1 Å². The van der Waals surface area contributed by atoms with Gasteiger partial charge in [-0.05, 0) is 66.2 Å². The third-order valence-corrected chi connectivity index (χ3v) is 6.03. The fourth-order valence-electron chi connectivity index (χ4n) is 2.98. The van der Waals surface area contributed by atoms with Gasteiger partial charge in [0.05, 0.1) is 31.8 Å². The van der Waals surface area contributed by atoms with Crippen LogP contribution in [0.1, 0.15) is 31.4 Å². The van der Waals surface area contributed by atoms with Gasteiger partial charge < -0.3 is 10.6 Å². The average Bonchev–Trinajstić information content (AvgIpc) is 3.35. The Morgan fingerprint density at radius 2 is 1.84 bits per heavy atom. The van der Waals surface area contributed by atoms with Crippen molar-refractivity contribution < 1.29 is 14.0 Å². The Hall–Kier alpha value is -3.63. The molecule has 0 aliphatic heterocycles. The second-order valence-corrected chi connectivity index (χ2v) is 8.27. The number of nitrogens with one attached hydrogen (secondary N) is 2. The predicted octanol–water partition coefficient (Wildman–Crippen LogP) is 4.64. The molecule has 0 unspecified atom stereocenters. The molecule has 0 aliphatic rings. The normalized spacial score (nSPS) is 10.8. The topological polar surface area (TPSA) is 102 Å². The van der Waals surface area contributed by atoms with Crippen molar-refractivity contribution in [1.82, 2.24) is 20.2 Å². The molecule has 11 heteroatoms. The van der Waals surface area contributed by atoms with Crippen LogP contribution >= 0.6 is 22.9 Å². The van der Waals surface area contributed by atoms with Gasteiger partial charge in [-0.25, -0.2) is 4.39 Å². The average molecular weight is 471 g/mol. The number of benzene rings is 2. The molecule has 2 aromatic heterocycles. The third kappa shape index (κ3) is 4.36. The minimum atomic E-state index is -0.603. The van der Waals surface area contributed by atoms with E-state index in [0.29, 0.717) is 37.5 Å². The van der Waals surface area contributed by atoms with E-state index < -0.39 is 11.7 Å². The van der Waals surface area contributed by atoms with Gasteiger partial charge in [0, 0.05) is 0 Å². The van der Waals surface area contributed by atoms with E-state index in [1.807, 2.05) is 0 Å². The molecule has 0 bridgehead atoms. The first-order valence-corrected chi connectivity index (χ1v) is 10.6. The Balaban J connectivity index is 1.54. The highest BCUT2D eigenvalue weighted by Gasteiger charge is 2.18. The lowest BCUT2D eigenvalue weighted by atomic mass is 10.2. The van der Waals surface area contributed by atoms with Crippen molar-refractivity contribution in [2.24, 2.45) is 0 Å². The molecule has 0 spiro atoms. The smallest absolute Gasteiger partial charge is 0.266 e. The number of carbonyl (C=O) groups excluding carboxylic acids is 2. The highest BCUT2D eigenvalue weighted by Crippen LogP contribution is 2.29. The van der Waals surface area contributed by atoms with Gasteiger partial charge in [0.25, 0.3) is 11.8 Å².